The van der Waals surface area contributed by atoms with Crippen molar-refractivity contribution in [2.24, 2.45) is 5.73 Å². The van der Waals surface area contributed by atoms with Crippen LogP contribution < -0.4 is 10.6 Å². The van der Waals surface area contributed by atoms with Gasteiger partial charge in [0.2, 0.25) is 0 Å². The molecular formula is C13H15BrN4. The summed E-state index contributed by atoms with van der Waals surface area (Å²) in [6, 6.07) is 4.00. The zero-order valence-electron chi connectivity index (χ0n) is 10.2. The summed E-state index contributed by atoms with van der Waals surface area (Å²) in [6.07, 6.45) is 4.64. The van der Waals surface area contributed by atoms with E-state index in [4.69, 9.17) is 5.73 Å². The number of anilines is 1. The summed E-state index contributed by atoms with van der Waals surface area (Å²) in [4.78, 5) is 11.1. The number of nitrogens with two attached hydrogens (primary N) is 1. The number of nitrogens with zero attached hydrogens (tertiary/aromatic N) is 3. The number of pyridine rings is 2. The minimum Gasteiger partial charge on any atom is -0.366 e. The SMILES string of the molecule is CCC1(N)CN(c2ccnc3cc(Br)cnc23)C1. The molecule has 1 aliphatic rings. The zero-order valence-corrected chi connectivity index (χ0v) is 11.8. The third kappa shape index (κ3) is 1.87. The molecule has 0 aliphatic carbocycles. The minimum absolute atomic E-state index is 0.0367. The Morgan fingerprint density at radius 2 is 2.22 bits per heavy atom. The maximum absolute atomic E-state index is 6.21. The van der Waals surface area contributed by atoms with Crippen molar-refractivity contribution in [2.45, 2.75) is 18.9 Å². The monoisotopic (exact) mass is 306 g/mol. The Morgan fingerprint density at radius 3 is 2.94 bits per heavy atom. The maximum Gasteiger partial charge on any atom is 0.112 e. The van der Waals surface area contributed by atoms with Gasteiger partial charge >= 0.3 is 0 Å². The number of hydrogen-bond acceptors (Lipinski definition) is 4. The molecule has 2 aromatic rings. The molecule has 18 heavy (non-hydrogen) atoms. The van der Waals surface area contributed by atoms with Gasteiger partial charge in [-0.05, 0) is 34.5 Å². The molecule has 0 atom stereocenters. The molecule has 3 rings (SSSR count). The van der Waals surface area contributed by atoms with E-state index in [1.807, 2.05) is 24.5 Å². The van der Waals surface area contributed by atoms with Gasteiger partial charge in [0, 0.05) is 30.0 Å². The summed E-state index contributed by atoms with van der Waals surface area (Å²) in [5.41, 5.74) is 9.16. The summed E-state index contributed by atoms with van der Waals surface area (Å²) >= 11 is 3.42. The lowest BCUT2D eigenvalue weighted by Gasteiger charge is -2.48. The number of rotatable bonds is 2. The Bertz CT molecular complexity index is 593. The van der Waals surface area contributed by atoms with Crippen molar-refractivity contribution >= 4 is 32.7 Å². The normalized spacial score (nSPS) is 17.8. The van der Waals surface area contributed by atoms with Crippen LogP contribution in [0.15, 0.2) is 29.0 Å². The average Bonchev–Trinajstić information content (AvgIpc) is 2.34. The van der Waals surface area contributed by atoms with Crippen molar-refractivity contribution in [3.63, 3.8) is 0 Å². The first-order chi connectivity index (χ1) is 8.61. The molecule has 5 heteroatoms. The molecule has 94 valence electrons. The minimum atomic E-state index is -0.0367. The van der Waals surface area contributed by atoms with Gasteiger partial charge in [0.05, 0.1) is 16.7 Å². The van der Waals surface area contributed by atoms with E-state index in [1.54, 1.807) is 0 Å². The molecule has 1 saturated heterocycles. The van der Waals surface area contributed by atoms with E-state index in [1.165, 1.54) is 0 Å². The molecule has 1 fully saturated rings. The Kier molecular flexibility index (Phi) is 2.75. The second-order valence-corrected chi connectivity index (χ2v) is 5.84. The van der Waals surface area contributed by atoms with Crippen LogP contribution in [0, 0.1) is 0 Å². The van der Waals surface area contributed by atoms with E-state index < -0.39 is 0 Å². The van der Waals surface area contributed by atoms with Gasteiger partial charge in [0.25, 0.3) is 0 Å². The van der Waals surface area contributed by atoms with Crippen molar-refractivity contribution in [3.8, 4) is 0 Å². The smallest absolute Gasteiger partial charge is 0.112 e. The lowest BCUT2D eigenvalue weighted by atomic mass is 9.88. The Balaban J connectivity index is 1.99. The Morgan fingerprint density at radius 1 is 1.44 bits per heavy atom. The third-order valence-electron chi connectivity index (χ3n) is 3.58. The largest absolute Gasteiger partial charge is 0.366 e. The topological polar surface area (TPSA) is 55.0 Å². The van der Waals surface area contributed by atoms with Crippen LogP contribution >= 0.6 is 15.9 Å². The molecule has 0 saturated carbocycles. The molecule has 1 aliphatic heterocycles. The maximum atomic E-state index is 6.21. The molecule has 2 N–H and O–H groups in total. The van der Waals surface area contributed by atoms with Crippen LogP contribution in [0.2, 0.25) is 0 Å². The highest BCUT2D eigenvalue weighted by Crippen LogP contribution is 2.32. The molecule has 0 bridgehead atoms. The van der Waals surface area contributed by atoms with Crippen LogP contribution in [0.1, 0.15) is 13.3 Å². The van der Waals surface area contributed by atoms with E-state index in [-0.39, 0.29) is 5.54 Å². The Hall–Kier alpha value is -1.20. The summed E-state index contributed by atoms with van der Waals surface area (Å²) in [7, 11) is 0. The molecule has 4 nitrogen and oxygen atoms in total. The lowest BCUT2D eigenvalue weighted by Crippen LogP contribution is -2.67. The number of hydrogen-bond donors (Lipinski definition) is 1. The van der Waals surface area contributed by atoms with E-state index >= 15 is 0 Å². The molecule has 0 amide bonds. The summed E-state index contributed by atoms with van der Waals surface area (Å²) in [6.45, 7) is 3.91. The first-order valence-electron chi connectivity index (χ1n) is 6.05. The average molecular weight is 307 g/mol. The quantitative estimate of drug-likeness (QED) is 0.925. The van der Waals surface area contributed by atoms with E-state index in [0.717, 1.165) is 40.7 Å². The van der Waals surface area contributed by atoms with Crippen molar-refractivity contribution in [2.75, 3.05) is 18.0 Å². The van der Waals surface area contributed by atoms with Gasteiger partial charge in [-0.15, -0.1) is 0 Å². The van der Waals surface area contributed by atoms with Gasteiger partial charge in [-0.1, -0.05) is 6.92 Å². The first kappa shape index (κ1) is 11.9. The molecule has 0 radical (unpaired) electrons. The molecule has 3 heterocycles. The van der Waals surface area contributed by atoms with Crippen LogP contribution in [0.3, 0.4) is 0 Å². The van der Waals surface area contributed by atoms with Crippen LogP contribution in [0.5, 0.6) is 0 Å². The lowest BCUT2D eigenvalue weighted by molar-refractivity contribution is 0.322. The van der Waals surface area contributed by atoms with Gasteiger partial charge in [0.1, 0.15) is 5.52 Å². The molecule has 0 aromatic carbocycles. The molecule has 0 spiro atoms. The molecule has 0 unspecified atom stereocenters. The molecular weight excluding hydrogens is 292 g/mol. The van der Waals surface area contributed by atoms with E-state index in [0.29, 0.717) is 0 Å². The van der Waals surface area contributed by atoms with Crippen LogP contribution in [0.25, 0.3) is 11.0 Å². The number of aromatic nitrogens is 2. The first-order valence-corrected chi connectivity index (χ1v) is 6.85. The summed E-state index contributed by atoms with van der Waals surface area (Å²) < 4.78 is 0.949. The van der Waals surface area contributed by atoms with Gasteiger partial charge in [-0.3, -0.25) is 9.97 Å². The highest BCUT2D eigenvalue weighted by atomic mass is 79.9. The number of halogens is 1. The van der Waals surface area contributed by atoms with Crippen LogP contribution in [0.4, 0.5) is 5.69 Å². The van der Waals surface area contributed by atoms with Gasteiger partial charge in [-0.2, -0.15) is 0 Å². The standard InChI is InChI=1S/C13H15BrN4/c1-2-13(15)7-18(8-13)11-3-4-16-10-5-9(14)6-17-12(10)11/h3-6H,2,7-8,15H2,1H3. The fraction of sp³-hybridized carbons (Fsp3) is 0.385. The van der Waals surface area contributed by atoms with Gasteiger partial charge in [0.15, 0.2) is 0 Å². The Labute approximate surface area is 114 Å². The fourth-order valence-electron chi connectivity index (χ4n) is 2.35. The highest BCUT2D eigenvalue weighted by molar-refractivity contribution is 9.10. The fourth-order valence-corrected chi connectivity index (χ4v) is 2.67. The molecule has 2 aromatic heterocycles. The second-order valence-electron chi connectivity index (χ2n) is 4.92. The van der Waals surface area contributed by atoms with Crippen molar-refractivity contribution in [1.29, 1.82) is 0 Å². The van der Waals surface area contributed by atoms with Crippen LogP contribution in [-0.4, -0.2) is 28.6 Å². The predicted octanol–water partition coefficient (Wildman–Crippen LogP) is 2.32. The van der Waals surface area contributed by atoms with E-state index in [9.17, 15) is 0 Å². The second kappa shape index (κ2) is 4.17. The van der Waals surface area contributed by atoms with Crippen molar-refractivity contribution in [1.82, 2.24) is 9.97 Å². The van der Waals surface area contributed by atoms with Gasteiger partial charge < -0.3 is 10.6 Å². The highest BCUT2D eigenvalue weighted by Gasteiger charge is 2.38. The van der Waals surface area contributed by atoms with Crippen molar-refractivity contribution in [3.05, 3.63) is 29.0 Å². The van der Waals surface area contributed by atoms with E-state index in [2.05, 4.69) is 37.7 Å². The van der Waals surface area contributed by atoms with Gasteiger partial charge in [-0.25, -0.2) is 0 Å². The summed E-state index contributed by atoms with van der Waals surface area (Å²) in [5.74, 6) is 0. The van der Waals surface area contributed by atoms with Crippen LogP contribution in [-0.2, 0) is 0 Å². The third-order valence-corrected chi connectivity index (χ3v) is 4.01. The van der Waals surface area contributed by atoms with Crippen molar-refractivity contribution < 1.29 is 0 Å². The predicted molar refractivity (Wildman–Crippen MR) is 76.7 cm³/mol. The zero-order chi connectivity index (χ0) is 12.8. The summed E-state index contributed by atoms with van der Waals surface area (Å²) in [5, 5.41) is 0. The number of fused-ring (bicyclic) bond motifs is 1.